The maximum absolute atomic E-state index is 12.5. The number of halogens is 1. The molecule has 1 amide bonds. The summed E-state index contributed by atoms with van der Waals surface area (Å²) >= 11 is 6.05. The van der Waals surface area contributed by atoms with Crippen LogP contribution in [0.1, 0.15) is 29.6 Å². The zero-order valence-corrected chi connectivity index (χ0v) is 12.1. The van der Waals surface area contributed by atoms with Gasteiger partial charge in [-0.05, 0) is 55.1 Å². The summed E-state index contributed by atoms with van der Waals surface area (Å²) in [6.07, 6.45) is 3.79. The molecule has 3 saturated carbocycles. The largest absolute Gasteiger partial charge is 0.478 e. The molecule has 2 N–H and O–H groups in total. The van der Waals surface area contributed by atoms with Crippen molar-refractivity contribution in [2.24, 2.45) is 29.6 Å². The molecule has 0 aromatic heterocycles. The summed E-state index contributed by atoms with van der Waals surface area (Å²) in [5.41, 5.74) is 0.276. The van der Waals surface area contributed by atoms with Gasteiger partial charge >= 0.3 is 5.97 Å². The summed E-state index contributed by atoms with van der Waals surface area (Å²) in [4.78, 5) is 23.7. The van der Waals surface area contributed by atoms with E-state index in [2.05, 4.69) is 5.32 Å². The van der Waals surface area contributed by atoms with E-state index in [0.29, 0.717) is 23.7 Å². The van der Waals surface area contributed by atoms with Crippen LogP contribution in [0, 0.1) is 29.6 Å². The summed E-state index contributed by atoms with van der Waals surface area (Å²) < 4.78 is 0. The van der Waals surface area contributed by atoms with Gasteiger partial charge in [0.25, 0.3) is 0 Å². The number of amides is 1. The molecular weight excluding hydrogens is 290 g/mol. The minimum absolute atomic E-state index is 0.0460. The van der Waals surface area contributed by atoms with Gasteiger partial charge in [0.05, 0.1) is 16.3 Å². The van der Waals surface area contributed by atoms with Crippen LogP contribution in [-0.2, 0) is 4.79 Å². The predicted molar refractivity (Wildman–Crippen MR) is 78.3 cm³/mol. The van der Waals surface area contributed by atoms with Gasteiger partial charge < -0.3 is 10.4 Å². The minimum Gasteiger partial charge on any atom is -0.478 e. The third-order valence-corrected chi connectivity index (χ3v) is 5.85. The molecule has 4 nitrogen and oxygen atoms in total. The van der Waals surface area contributed by atoms with Crippen molar-refractivity contribution < 1.29 is 14.7 Å². The monoisotopic (exact) mass is 305 g/mol. The Kier molecular flexibility index (Phi) is 2.80. The highest BCUT2D eigenvalue weighted by Crippen LogP contribution is 2.69. The molecule has 4 atom stereocenters. The second-order valence-electron chi connectivity index (χ2n) is 6.47. The van der Waals surface area contributed by atoms with Crippen LogP contribution in [0.25, 0.3) is 0 Å². The van der Waals surface area contributed by atoms with E-state index in [1.165, 1.54) is 25.3 Å². The maximum atomic E-state index is 12.5. The molecular formula is C16H16ClNO3. The Bertz CT molecular complexity index is 628. The molecule has 0 heterocycles. The van der Waals surface area contributed by atoms with Crippen LogP contribution in [0.4, 0.5) is 5.69 Å². The molecule has 0 aliphatic heterocycles. The molecule has 0 saturated heterocycles. The number of nitrogens with one attached hydrogen (secondary N) is 1. The Balaban J connectivity index is 1.55. The average Bonchev–Trinajstić information content (AvgIpc) is 2.89. The highest BCUT2D eigenvalue weighted by atomic mass is 35.5. The summed E-state index contributed by atoms with van der Waals surface area (Å²) in [5, 5.41) is 12.2. The van der Waals surface area contributed by atoms with Gasteiger partial charge in [-0.15, -0.1) is 0 Å². The van der Waals surface area contributed by atoms with Crippen molar-refractivity contribution in [2.45, 2.75) is 19.3 Å². The van der Waals surface area contributed by atoms with Gasteiger partial charge in [-0.1, -0.05) is 17.7 Å². The number of fused-ring (bicyclic) bond motifs is 5. The number of hydrogen-bond acceptors (Lipinski definition) is 2. The third kappa shape index (κ3) is 1.89. The lowest BCUT2D eigenvalue weighted by molar-refractivity contribution is -0.118. The molecule has 21 heavy (non-hydrogen) atoms. The molecule has 110 valence electrons. The number of anilines is 1. The molecule has 0 spiro atoms. The van der Waals surface area contributed by atoms with Gasteiger partial charge in [0.2, 0.25) is 5.91 Å². The van der Waals surface area contributed by atoms with E-state index in [9.17, 15) is 14.7 Å². The van der Waals surface area contributed by atoms with Crippen molar-refractivity contribution in [3.8, 4) is 0 Å². The molecule has 4 unspecified atom stereocenters. The molecule has 2 bridgehead atoms. The molecule has 3 fully saturated rings. The smallest absolute Gasteiger partial charge is 0.337 e. The van der Waals surface area contributed by atoms with Crippen LogP contribution < -0.4 is 5.32 Å². The lowest BCUT2D eigenvalue weighted by Crippen LogP contribution is -2.20. The van der Waals surface area contributed by atoms with Gasteiger partial charge in [-0.2, -0.15) is 0 Å². The lowest BCUT2D eigenvalue weighted by atomic mass is 10.0. The minimum atomic E-state index is -1.08. The average molecular weight is 306 g/mol. The fourth-order valence-corrected chi connectivity index (χ4v) is 4.93. The first-order chi connectivity index (χ1) is 10.1. The van der Waals surface area contributed by atoms with E-state index in [-0.39, 0.29) is 28.1 Å². The number of carboxylic acid groups (broad SMARTS) is 1. The summed E-state index contributed by atoms with van der Waals surface area (Å²) in [6, 6.07) is 4.63. The first-order valence-corrected chi connectivity index (χ1v) is 7.78. The topological polar surface area (TPSA) is 66.4 Å². The first kappa shape index (κ1) is 13.1. The number of rotatable bonds is 3. The van der Waals surface area contributed by atoms with Crippen LogP contribution in [0.3, 0.4) is 0 Å². The Morgan fingerprint density at radius 2 is 1.86 bits per heavy atom. The highest BCUT2D eigenvalue weighted by Gasteiger charge is 2.67. The Hall–Kier alpha value is -1.55. The van der Waals surface area contributed by atoms with Crippen LogP contribution in [0.15, 0.2) is 18.2 Å². The Morgan fingerprint density at radius 1 is 1.19 bits per heavy atom. The fraction of sp³-hybridized carbons (Fsp3) is 0.500. The van der Waals surface area contributed by atoms with Crippen molar-refractivity contribution >= 4 is 29.2 Å². The normalized spacial score (nSPS) is 35.4. The standard InChI is InChI=1S/C16H16ClNO3/c17-10-3-1-2-9(16(20)21)14(10)18-15(19)13-11-7-4-5-8(6-7)12(11)13/h1-3,7-8,11-13H,4-6H2,(H,18,19)(H,20,21). The quantitative estimate of drug-likeness (QED) is 0.900. The van der Waals surface area contributed by atoms with Gasteiger partial charge in [0, 0.05) is 5.92 Å². The Morgan fingerprint density at radius 3 is 2.48 bits per heavy atom. The number of benzene rings is 1. The summed E-state index contributed by atoms with van der Waals surface area (Å²) in [6.45, 7) is 0. The van der Waals surface area contributed by atoms with E-state index in [1.807, 2.05) is 0 Å². The van der Waals surface area contributed by atoms with Crippen molar-refractivity contribution in [3.05, 3.63) is 28.8 Å². The molecule has 4 rings (SSSR count). The molecule has 3 aliphatic rings. The fourth-order valence-electron chi connectivity index (χ4n) is 4.71. The van der Waals surface area contributed by atoms with Crippen LogP contribution >= 0.6 is 11.6 Å². The van der Waals surface area contributed by atoms with Gasteiger partial charge in [0.15, 0.2) is 0 Å². The second kappa shape index (κ2) is 4.47. The Labute approximate surface area is 127 Å². The zero-order valence-electron chi connectivity index (χ0n) is 11.4. The van der Waals surface area contributed by atoms with E-state index < -0.39 is 5.97 Å². The number of hydrogen-bond donors (Lipinski definition) is 2. The van der Waals surface area contributed by atoms with Gasteiger partial charge in [0.1, 0.15) is 0 Å². The lowest BCUT2D eigenvalue weighted by Gasteiger charge is -2.12. The maximum Gasteiger partial charge on any atom is 0.337 e. The number of carbonyl (C=O) groups excluding carboxylic acids is 1. The highest BCUT2D eigenvalue weighted by molar-refractivity contribution is 6.34. The first-order valence-electron chi connectivity index (χ1n) is 7.40. The number of para-hydroxylation sites is 1. The molecule has 0 radical (unpaired) electrons. The van der Waals surface area contributed by atoms with E-state index in [0.717, 1.165) is 0 Å². The van der Waals surface area contributed by atoms with E-state index in [1.54, 1.807) is 12.1 Å². The summed E-state index contributed by atoms with van der Waals surface area (Å²) in [5.74, 6) is 1.40. The molecule has 1 aromatic carbocycles. The predicted octanol–water partition coefficient (Wildman–Crippen LogP) is 3.27. The van der Waals surface area contributed by atoms with Crippen molar-refractivity contribution in [1.82, 2.24) is 0 Å². The van der Waals surface area contributed by atoms with Crippen LogP contribution in [-0.4, -0.2) is 17.0 Å². The van der Waals surface area contributed by atoms with Crippen LogP contribution in [0.2, 0.25) is 5.02 Å². The van der Waals surface area contributed by atoms with Gasteiger partial charge in [-0.3, -0.25) is 4.79 Å². The molecule has 1 aromatic rings. The SMILES string of the molecule is O=C(O)c1cccc(Cl)c1NC(=O)C1C2C3CCC(C3)C12. The van der Waals surface area contributed by atoms with Crippen LogP contribution in [0.5, 0.6) is 0 Å². The number of carboxylic acids is 1. The van der Waals surface area contributed by atoms with E-state index in [4.69, 9.17) is 11.6 Å². The van der Waals surface area contributed by atoms with Crippen molar-refractivity contribution in [2.75, 3.05) is 5.32 Å². The van der Waals surface area contributed by atoms with Crippen molar-refractivity contribution in [3.63, 3.8) is 0 Å². The zero-order chi connectivity index (χ0) is 14.7. The molecule has 5 heteroatoms. The van der Waals surface area contributed by atoms with Gasteiger partial charge in [-0.25, -0.2) is 4.79 Å². The number of carbonyl (C=O) groups is 2. The van der Waals surface area contributed by atoms with E-state index >= 15 is 0 Å². The summed E-state index contributed by atoms with van der Waals surface area (Å²) in [7, 11) is 0. The van der Waals surface area contributed by atoms with Crippen molar-refractivity contribution in [1.29, 1.82) is 0 Å². The number of aromatic carboxylic acids is 1. The second-order valence-corrected chi connectivity index (χ2v) is 6.88. The molecule has 3 aliphatic carbocycles. The third-order valence-electron chi connectivity index (χ3n) is 5.53.